The van der Waals surface area contributed by atoms with E-state index in [2.05, 4.69) is 4.90 Å². The third-order valence-electron chi connectivity index (χ3n) is 2.81. The first-order valence-corrected chi connectivity index (χ1v) is 5.52. The normalized spacial score (nSPS) is 17.3. The third-order valence-corrected chi connectivity index (χ3v) is 2.81. The molecule has 0 atom stereocenters. The Bertz CT molecular complexity index is 349. The van der Waals surface area contributed by atoms with Crippen molar-refractivity contribution >= 4 is 5.69 Å². The first-order chi connectivity index (χ1) is 7.79. The summed E-state index contributed by atoms with van der Waals surface area (Å²) < 4.78 is 10.5. The monoisotopic (exact) mass is 222 g/mol. The predicted octanol–water partition coefficient (Wildman–Crippen LogP) is 1.11. The smallest absolute Gasteiger partial charge is 0.142 e. The molecule has 88 valence electrons. The summed E-state index contributed by atoms with van der Waals surface area (Å²) in [5, 5.41) is 0. The van der Waals surface area contributed by atoms with Gasteiger partial charge in [-0.1, -0.05) is 6.07 Å². The Morgan fingerprint density at radius 2 is 2.12 bits per heavy atom. The van der Waals surface area contributed by atoms with E-state index in [0.717, 1.165) is 38.6 Å². The zero-order chi connectivity index (χ0) is 11.4. The van der Waals surface area contributed by atoms with Crippen LogP contribution in [-0.4, -0.2) is 38.3 Å². The molecule has 0 amide bonds. The van der Waals surface area contributed by atoms with Crippen LogP contribution in [0.15, 0.2) is 18.2 Å². The van der Waals surface area contributed by atoms with Crippen LogP contribution in [0.3, 0.4) is 0 Å². The Morgan fingerprint density at radius 3 is 2.81 bits per heavy atom. The molecule has 2 rings (SSSR count). The number of benzene rings is 1. The zero-order valence-corrected chi connectivity index (χ0v) is 9.61. The molecule has 0 aliphatic carbocycles. The lowest BCUT2D eigenvalue weighted by atomic mass is 10.1. The second-order valence-electron chi connectivity index (χ2n) is 3.96. The van der Waals surface area contributed by atoms with Crippen molar-refractivity contribution in [3.8, 4) is 5.75 Å². The van der Waals surface area contributed by atoms with Gasteiger partial charge in [-0.15, -0.1) is 0 Å². The van der Waals surface area contributed by atoms with Gasteiger partial charge in [0.05, 0.1) is 26.0 Å². The van der Waals surface area contributed by atoms with Gasteiger partial charge in [-0.3, -0.25) is 4.90 Å². The highest BCUT2D eigenvalue weighted by atomic mass is 16.5. The molecule has 1 fully saturated rings. The number of methoxy groups -OCH3 is 1. The average molecular weight is 222 g/mol. The Hall–Kier alpha value is -1.26. The van der Waals surface area contributed by atoms with Crippen molar-refractivity contribution in [1.82, 2.24) is 4.90 Å². The predicted molar refractivity (Wildman–Crippen MR) is 63.5 cm³/mol. The lowest BCUT2D eigenvalue weighted by Crippen LogP contribution is -2.35. The van der Waals surface area contributed by atoms with Crippen molar-refractivity contribution in [2.45, 2.75) is 6.54 Å². The van der Waals surface area contributed by atoms with Crippen LogP contribution >= 0.6 is 0 Å². The van der Waals surface area contributed by atoms with Crippen molar-refractivity contribution in [1.29, 1.82) is 0 Å². The van der Waals surface area contributed by atoms with Gasteiger partial charge in [0, 0.05) is 19.6 Å². The third kappa shape index (κ3) is 2.65. The highest BCUT2D eigenvalue weighted by Gasteiger charge is 2.11. The molecule has 1 aromatic carbocycles. The molecule has 4 heteroatoms. The minimum Gasteiger partial charge on any atom is -0.495 e. The van der Waals surface area contributed by atoms with E-state index >= 15 is 0 Å². The maximum absolute atomic E-state index is 5.77. The van der Waals surface area contributed by atoms with Crippen LogP contribution in [0.2, 0.25) is 0 Å². The Balaban J connectivity index is 2.03. The summed E-state index contributed by atoms with van der Waals surface area (Å²) in [4.78, 5) is 2.37. The number of nitrogens with two attached hydrogens (primary N) is 1. The van der Waals surface area contributed by atoms with Gasteiger partial charge in [-0.05, 0) is 17.7 Å². The highest BCUT2D eigenvalue weighted by molar-refractivity contribution is 5.53. The van der Waals surface area contributed by atoms with Crippen molar-refractivity contribution in [3.05, 3.63) is 23.8 Å². The van der Waals surface area contributed by atoms with E-state index in [0.29, 0.717) is 5.69 Å². The van der Waals surface area contributed by atoms with Crippen molar-refractivity contribution in [3.63, 3.8) is 0 Å². The summed E-state index contributed by atoms with van der Waals surface area (Å²) in [6, 6.07) is 5.95. The standard InChI is InChI=1S/C12H18N2O2/c1-15-12-8-10(2-3-11(12)13)9-14-4-6-16-7-5-14/h2-3,8H,4-7,9,13H2,1H3. The summed E-state index contributed by atoms with van der Waals surface area (Å²) in [5.74, 6) is 0.755. The van der Waals surface area contributed by atoms with Crippen LogP contribution in [-0.2, 0) is 11.3 Å². The molecule has 4 nitrogen and oxygen atoms in total. The average Bonchev–Trinajstić information content (AvgIpc) is 2.33. The largest absolute Gasteiger partial charge is 0.495 e. The molecule has 0 spiro atoms. The summed E-state index contributed by atoms with van der Waals surface area (Å²) in [5.41, 5.74) is 7.69. The van der Waals surface area contributed by atoms with E-state index < -0.39 is 0 Å². The fraction of sp³-hybridized carbons (Fsp3) is 0.500. The maximum Gasteiger partial charge on any atom is 0.142 e. The first-order valence-electron chi connectivity index (χ1n) is 5.52. The SMILES string of the molecule is COc1cc(CN2CCOCC2)ccc1N. The Kier molecular flexibility index (Phi) is 3.64. The molecule has 1 saturated heterocycles. The zero-order valence-electron chi connectivity index (χ0n) is 9.61. The molecule has 0 radical (unpaired) electrons. The summed E-state index contributed by atoms with van der Waals surface area (Å²) in [6.45, 7) is 4.57. The molecule has 1 heterocycles. The van der Waals surface area contributed by atoms with Gasteiger partial charge >= 0.3 is 0 Å². The fourth-order valence-corrected chi connectivity index (χ4v) is 1.87. The van der Waals surface area contributed by atoms with Gasteiger partial charge in [-0.25, -0.2) is 0 Å². The van der Waals surface area contributed by atoms with Gasteiger partial charge in [0.15, 0.2) is 0 Å². The second kappa shape index (κ2) is 5.18. The number of rotatable bonds is 3. The second-order valence-corrected chi connectivity index (χ2v) is 3.96. The molecular formula is C12H18N2O2. The van der Waals surface area contributed by atoms with Crippen molar-refractivity contribution < 1.29 is 9.47 Å². The number of hydrogen-bond donors (Lipinski definition) is 1. The van der Waals surface area contributed by atoms with Gasteiger partial charge in [0.1, 0.15) is 5.75 Å². The quantitative estimate of drug-likeness (QED) is 0.778. The fourth-order valence-electron chi connectivity index (χ4n) is 1.87. The summed E-state index contributed by atoms with van der Waals surface area (Å²) in [7, 11) is 1.64. The first kappa shape index (κ1) is 11.2. The molecule has 1 aliphatic rings. The number of morpholine rings is 1. The highest BCUT2D eigenvalue weighted by Crippen LogP contribution is 2.23. The van der Waals surface area contributed by atoms with Crippen LogP contribution in [0.25, 0.3) is 0 Å². The molecule has 1 aromatic rings. The van der Waals surface area contributed by atoms with Crippen molar-refractivity contribution in [2.75, 3.05) is 39.1 Å². The molecule has 0 aromatic heterocycles. The van der Waals surface area contributed by atoms with E-state index in [1.54, 1.807) is 7.11 Å². The molecule has 16 heavy (non-hydrogen) atoms. The van der Waals surface area contributed by atoms with Crippen LogP contribution in [0, 0.1) is 0 Å². The topological polar surface area (TPSA) is 47.7 Å². The van der Waals surface area contributed by atoms with Gasteiger partial charge < -0.3 is 15.2 Å². The molecule has 0 bridgehead atoms. The van der Waals surface area contributed by atoms with Crippen LogP contribution in [0.5, 0.6) is 5.75 Å². The molecule has 0 saturated carbocycles. The Morgan fingerprint density at radius 1 is 1.38 bits per heavy atom. The molecule has 0 unspecified atom stereocenters. The maximum atomic E-state index is 5.77. The van der Waals surface area contributed by atoms with Gasteiger partial charge in [-0.2, -0.15) is 0 Å². The van der Waals surface area contributed by atoms with E-state index in [4.69, 9.17) is 15.2 Å². The molecule has 2 N–H and O–H groups in total. The number of anilines is 1. The summed E-state index contributed by atoms with van der Waals surface area (Å²) in [6.07, 6.45) is 0. The van der Waals surface area contributed by atoms with E-state index in [1.807, 2.05) is 18.2 Å². The van der Waals surface area contributed by atoms with E-state index in [1.165, 1.54) is 5.56 Å². The number of ether oxygens (including phenoxy) is 2. The van der Waals surface area contributed by atoms with Crippen LogP contribution in [0.1, 0.15) is 5.56 Å². The van der Waals surface area contributed by atoms with Crippen LogP contribution < -0.4 is 10.5 Å². The van der Waals surface area contributed by atoms with E-state index in [9.17, 15) is 0 Å². The molecule has 1 aliphatic heterocycles. The van der Waals surface area contributed by atoms with Gasteiger partial charge in [0.25, 0.3) is 0 Å². The minimum absolute atomic E-state index is 0.688. The number of nitrogens with zero attached hydrogens (tertiary/aromatic N) is 1. The Labute approximate surface area is 95.9 Å². The lowest BCUT2D eigenvalue weighted by Gasteiger charge is -2.26. The van der Waals surface area contributed by atoms with Crippen LogP contribution in [0.4, 0.5) is 5.69 Å². The van der Waals surface area contributed by atoms with Gasteiger partial charge in [0.2, 0.25) is 0 Å². The van der Waals surface area contributed by atoms with E-state index in [-0.39, 0.29) is 0 Å². The number of hydrogen-bond acceptors (Lipinski definition) is 4. The minimum atomic E-state index is 0.688. The lowest BCUT2D eigenvalue weighted by molar-refractivity contribution is 0.0342. The number of nitrogen functional groups attached to an aromatic ring is 1. The molecular weight excluding hydrogens is 204 g/mol. The van der Waals surface area contributed by atoms with Crippen molar-refractivity contribution in [2.24, 2.45) is 0 Å². The summed E-state index contributed by atoms with van der Waals surface area (Å²) >= 11 is 0.